The van der Waals surface area contributed by atoms with E-state index in [1.54, 1.807) is 13.0 Å². The van der Waals surface area contributed by atoms with Crippen molar-refractivity contribution in [1.29, 1.82) is 0 Å². The maximum atomic E-state index is 12.9. The second-order valence-electron chi connectivity index (χ2n) is 7.31. The average molecular weight is 433 g/mol. The van der Waals surface area contributed by atoms with Gasteiger partial charge in [-0.3, -0.25) is 14.9 Å². The van der Waals surface area contributed by atoms with E-state index in [1.807, 2.05) is 13.8 Å². The number of amides is 1. The molecule has 1 aliphatic heterocycles. The highest BCUT2D eigenvalue weighted by Gasteiger charge is 2.32. The molecular weight excluding hydrogens is 410 g/mol. The number of non-ortho nitro benzene ring substituents is 1. The third-order valence-electron chi connectivity index (χ3n) is 4.82. The molecule has 2 aromatic rings. The maximum Gasteiger partial charge on any atom is 0.271 e. The number of nitrogens with one attached hydrogen (secondary N) is 1. The number of nitrogens with zero attached hydrogens (tertiary/aromatic N) is 2. The highest BCUT2D eigenvalue weighted by atomic mass is 32.2. The van der Waals surface area contributed by atoms with Crippen LogP contribution < -0.4 is 5.32 Å². The summed E-state index contributed by atoms with van der Waals surface area (Å²) in [4.78, 5) is 23.0. The summed E-state index contributed by atoms with van der Waals surface area (Å²) in [6, 6.07) is 9.80. The number of aryl methyl sites for hydroxylation is 1. The summed E-state index contributed by atoms with van der Waals surface area (Å²) >= 11 is 0. The van der Waals surface area contributed by atoms with Crippen LogP contribution in [0.1, 0.15) is 29.8 Å². The first-order valence-corrected chi connectivity index (χ1v) is 10.8. The zero-order valence-electron chi connectivity index (χ0n) is 16.9. The van der Waals surface area contributed by atoms with Crippen LogP contribution in [0.15, 0.2) is 47.4 Å². The molecule has 0 bridgehead atoms. The maximum absolute atomic E-state index is 12.9. The van der Waals surface area contributed by atoms with E-state index in [4.69, 9.17) is 4.74 Å². The van der Waals surface area contributed by atoms with E-state index in [0.29, 0.717) is 11.3 Å². The Bertz CT molecular complexity index is 1060. The Morgan fingerprint density at radius 2 is 1.73 bits per heavy atom. The average Bonchev–Trinajstić information content (AvgIpc) is 2.68. The number of anilines is 1. The molecule has 0 saturated carbocycles. The van der Waals surface area contributed by atoms with Crippen molar-refractivity contribution in [2.45, 2.75) is 37.9 Å². The predicted molar refractivity (Wildman–Crippen MR) is 111 cm³/mol. The summed E-state index contributed by atoms with van der Waals surface area (Å²) in [7, 11) is -3.70. The smallest absolute Gasteiger partial charge is 0.271 e. The van der Waals surface area contributed by atoms with Gasteiger partial charge in [0.05, 0.1) is 27.7 Å². The molecule has 10 heteroatoms. The predicted octanol–water partition coefficient (Wildman–Crippen LogP) is 2.95. The molecule has 2 atom stereocenters. The summed E-state index contributed by atoms with van der Waals surface area (Å²) in [6.45, 7) is 5.89. The van der Waals surface area contributed by atoms with Gasteiger partial charge in [-0.15, -0.1) is 0 Å². The first kappa shape index (κ1) is 21.9. The summed E-state index contributed by atoms with van der Waals surface area (Å²) < 4.78 is 32.8. The number of nitro groups is 1. The summed E-state index contributed by atoms with van der Waals surface area (Å²) in [6.07, 6.45) is -0.404. The van der Waals surface area contributed by atoms with Crippen molar-refractivity contribution in [3.63, 3.8) is 0 Å². The molecule has 0 aliphatic carbocycles. The Morgan fingerprint density at radius 1 is 1.13 bits per heavy atom. The number of sulfonamides is 1. The standard InChI is InChI=1S/C20H23N3O6S/c1-13-4-7-17(23(25)26)10-19(13)21-20(24)16-5-8-18(9-6-16)30(27,28)22-11-14(2)29-15(3)12-22/h4-10,14-15H,11-12H2,1-3H3,(H,21,24). The number of benzene rings is 2. The van der Waals surface area contributed by atoms with Crippen LogP contribution >= 0.6 is 0 Å². The van der Waals surface area contributed by atoms with Gasteiger partial charge in [-0.2, -0.15) is 4.31 Å². The van der Waals surface area contributed by atoms with Crippen molar-refractivity contribution >= 4 is 27.3 Å². The lowest BCUT2D eigenvalue weighted by atomic mass is 10.1. The molecule has 1 fully saturated rings. The van der Waals surface area contributed by atoms with Crippen molar-refractivity contribution < 1.29 is 22.9 Å². The van der Waals surface area contributed by atoms with Crippen LogP contribution in [-0.2, 0) is 14.8 Å². The molecule has 0 spiro atoms. The first-order valence-electron chi connectivity index (χ1n) is 9.40. The van der Waals surface area contributed by atoms with Crippen LogP contribution in [0, 0.1) is 17.0 Å². The quantitative estimate of drug-likeness (QED) is 0.572. The fourth-order valence-electron chi connectivity index (χ4n) is 3.31. The number of hydrogen-bond donors (Lipinski definition) is 1. The van der Waals surface area contributed by atoms with Crippen LogP contribution in [0.2, 0.25) is 0 Å². The van der Waals surface area contributed by atoms with Gasteiger partial charge in [-0.25, -0.2) is 8.42 Å². The second-order valence-corrected chi connectivity index (χ2v) is 9.25. The van der Waals surface area contributed by atoms with Crippen molar-refractivity contribution in [3.8, 4) is 0 Å². The van der Waals surface area contributed by atoms with E-state index in [9.17, 15) is 23.3 Å². The monoisotopic (exact) mass is 433 g/mol. The van der Waals surface area contributed by atoms with Crippen molar-refractivity contribution in [2.24, 2.45) is 0 Å². The molecule has 160 valence electrons. The minimum Gasteiger partial charge on any atom is -0.373 e. The van der Waals surface area contributed by atoms with Gasteiger partial charge in [0, 0.05) is 30.8 Å². The fourth-order valence-corrected chi connectivity index (χ4v) is 4.90. The van der Waals surface area contributed by atoms with Gasteiger partial charge in [0.2, 0.25) is 10.0 Å². The Balaban J connectivity index is 1.78. The number of rotatable bonds is 5. The van der Waals surface area contributed by atoms with Crippen LogP contribution in [-0.4, -0.2) is 48.9 Å². The molecular formula is C20H23N3O6S. The second kappa shape index (κ2) is 8.50. The number of morpholine rings is 1. The number of ether oxygens (including phenoxy) is 1. The SMILES string of the molecule is Cc1ccc([N+](=O)[O-])cc1NC(=O)c1ccc(S(=O)(=O)N2CC(C)OC(C)C2)cc1. The molecule has 3 rings (SSSR count). The largest absolute Gasteiger partial charge is 0.373 e. The topological polar surface area (TPSA) is 119 Å². The molecule has 0 radical (unpaired) electrons. The van der Waals surface area contributed by atoms with Crippen molar-refractivity contribution in [1.82, 2.24) is 4.31 Å². The third-order valence-corrected chi connectivity index (χ3v) is 6.67. The van der Waals surface area contributed by atoms with Crippen LogP contribution in [0.25, 0.3) is 0 Å². The van der Waals surface area contributed by atoms with Gasteiger partial charge >= 0.3 is 0 Å². The minimum absolute atomic E-state index is 0.0897. The normalized spacial score (nSPS) is 20.0. The van der Waals surface area contributed by atoms with Gasteiger partial charge in [0.25, 0.3) is 11.6 Å². The lowest BCUT2D eigenvalue weighted by molar-refractivity contribution is -0.384. The Hall–Kier alpha value is -2.82. The van der Waals surface area contributed by atoms with Crippen molar-refractivity contribution in [2.75, 3.05) is 18.4 Å². The lowest BCUT2D eigenvalue weighted by Crippen LogP contribution is -2.48. The molecule has 9 nitrogen and oxygen atoms in total. The number of carbonyl (C=O) groups is 1. The van der Waals surface area contributed by atoms with E-state index in [2.05, 4.69) is 5.32 Å². The Labute approximate surface area is 174 Å². The summed E-state index contributed by atoms with van der Waals surface area (Å²) in [5.41, 5.74) is 1.10. The number of hydrogen-bond acceptors (Lipinski definition) is 6. The number of carbonyl (C=O) groups excluding carboxylic acids is 1. The molecule has 0 aromatic heterocycles. The van der Waals surface area contributed by atoms with E-state index >= 15 is 0 Å². The molecule has 1 heterocycles. The molecule has 2 aromatic carbocycles. The minimum atomic E-state index is -3.70. The van der Waals surface area contributed by atoms with E-state index in [-0.39, 0.29) is 41.4 Å². The van der Waals surface area contributed by atoms with Crippen molar-refractivity contribution in [3.05, 3.63) is 63.7 Å². The Morgan fingerprint density at radius 3 is 2.30 bits per heavy atom. The molecule has 1 amide bonds. The van der Waals surface area contributed by atoms with E-state index < -0.39 is 20.9 Å². The fraction of sp³-hybridized carbons (Fsp3) is 0.350. The van der Waals surface area contributed by atoms with Crippen LogP contribution in [0.5, 0.6) is 0 Å². The van der Waals surface area contributed by atoms with Gasteiger partial charge in [0.15, 0.2) is 0 Å². The lowest BCUT2D eigenvalue weighted by Gasteiger charge is -2.34. The molecule has 2 unspecified atom stereocenters. The molecule has 1 saturated heterocycles. The summed E-state index contributed by atoms with van der Waals surface area (Å²) in [5, 5.41) is 13.6. The summed E-state index contributed by atoms with van der Waals surface area (Å²) in [5.74, 6) is -0.490. The van der Waals surface area contributed by atoms with Gasteiger partial charge < -0.3 is 10.1 Å². The molecule has 1 aliphatic rings. The van der Waals surface area contributed by atoms with E-state index in [0.717, 1.165) is 0 Å². The zero-order chi connectivity index (χ0) is 22.1. The Kier molecular flexibility index (Phi) is 6.20. The first-order chi connectivity index (χ1) is 14.1. The highest BCUT2D eigenvalue weighted by Crippen LogP contribution is 2.24. The van der Waals surface area contributed by atoms with Gasteiger partial charge in [-0.1, -0.05) is 6.07 Å². The third kappa shape index (κ3) is 4.66. The van der Waals surface area contributed by atoms with Crippen LogP contribution in [0.3, 0.4) is 0 Å². The van der Waals surface area contributed by atoms with Gasteiger partial charge in [-0.05, 0) is 50.6 Å². The van der Waals surface area contributed by atoms with Gasteiger partial charge in [0.1, 0.15) is 0 Å². The highest BCUT2D eigenvalue weighted by molar-refractivity contribution is 7.89. The molecule has 30 heavy (non-hydrogen) atoms. The van der Waals surface area contributed by atoms with E-state index in [1.165, 1.54) is 40.7 Å². The number of nitro benzene ring substituents is 1. The zero-order valence-corrected chi connectivity index (χ0v) is 17.7. The molecule has 1 N–H and O–H groups in total. The van der Waals surface area contributed by atoms with Crippen LogP contribution in [0.4, 0.5) is 11.4 Å².